The zero-order valence-corrected chi connectivity index (χ0v) is 20.4. The van der Waals surface area contributed by atoms with Gasteiger partial charge in [0.1, 0.15) is 16.3 Å². The lowest BCUT2D eigenvalue weighted by Crippen LogP contribution is -2.46. The monoisotopic (exact) mass is 475 g/mol. The van der Waals surface area contributed by atoms with Gasteiger partial charge in [-0.25, -0.2) is 8.42 Å². The van der Waals surface area contributed by atoms with Crippen molar-refractivity contribution in [3.63, 3.8) is 0 Å². The maximum Gasteiger partial charge on any atom is 0.248 e. The number of aryl methyl sites for hydroxylation is 2. The average Bonchev–Trinajstić information content (AvgIpc) is 3.44. The number of methoxy groups -OCH3 is 1. The van der Waals surface area contributed by atoms with Gasteiger partial charge < -0.3 is 14.6 Å². The van der Waals surface area contributed by atoms with Crippen LogP contribution in [0.4, 0.5) is 0 Å². The van der Waals surface area contributed by atoms with Gasteiger partial charge in [-0.1, -0.05) is 36.2 Å². The molecule has 1 saturated carbocycles. The van der Waals surface area contributed by atoms with Crippen molar-refractivity contribution in [3.8, 4) is 5.75 Å². The van der Waals surface area contributed by atoms with Crippen molar-refractivity contribution in [1.82, 2.24) is 14.8 Å². The molecule has 0 radical (unpaired) electrons. The minimum Gasteiger partial charge on any atom is -0.496 e. The van der Waals surface area contributed by atoms with E-state index in [1.807, 2.05) is 18.2 Å². The first-order valence-electron chi connectivity index (χ1n) is 11.6. The number of carbonyl (C=O) groups is 1. The van der Waals surface area contributed by atoms with E-state index in [1.54, 1.807) is 21.0 Å². The lowest BCUT2D eigenvalue weighted by Gasteiger charge is -2.34. The van der Waals surface area contributed by atoms with Crippen LogP contribution in [0.5, 0.6) is 5.75 Å². The molecule has 1 aliphatic heterocycles. The van der Waals surface area contributed by atoms with Crippen LogP contribution in [0.15, 0.2) is 33.7 Å². The lowest BCUT2D eigenvalue weighted by atomic mass is 9.78. The minimum absolute atomic E-state index is 0.00515. The maximum absolute atomic E-state index is 13.0. The van der Waals surface area contributed by atoms with Crippen LogP contribution in [0, 0.1) is 19.8 Å². The van der Waals surface area contributed by atoms with Gasteiger partial charge in [0, 0.05) is 36.5 Å². The second-order valence-electron chi connectivity index (χ2n) is 9.24. The Balaban J connectivity index is 1.39. The number of aromatic nitrogens is 1. The average molecular weight is 476 g/mol. The fourth-order valence-electron chi connectivity index (χ4n) is 5.41. The molecule has 0 bridgehead atoms. The SMILES string of the molecule is COc1ccccc1C1(CNC(=O)C2CCN(S(=O)(=O)c3c(C)noc3C)CC2)CCCC1. The summed E-state index contributed by atoms with van der Waals surface area (Å²) < 4.78 is 38.2. The predicted octanol–water partition coefficient (Wildman–Crippen LogP) is 3.33. The summed E-state index contributed by atoms with van der Waals surface area (Å²) in [4.78, 5) is 13.2. The highest BCUT2D eigenvalue weighted by Gasteiger charge is 2.39. The van der Waals surface area contributed by atoms with Gasteiger partial charge in [-0.2, -0.15) is 4.31 Å². The van der Waals surface area contributed by atoms with Gasteiger partial charge in [0.25, 0.3) is 0 Å². The Labute approximate surface area is 195 Å². The van der Waals surface area contributed by atoms with Crippen LogP contribution in [0.1, 0.15) is 55.5 Å². The van der Waals surface area contributed by atoms with E-state index in [2.05, 4.69) is 16.5 Å². The lowest BCUT2D eigenvalue weighted by molar-refractivity contribution is -0.126. The Bertz CT molecular complexity index is 1080. The van der Waals surface area contributed by atoms with E-state index in [0.717, 1.165) is 37.0 Å². The zero-order chi connectivity index (χ0) is 23.6. The van der Waals surface area contributed by atoms with Gasteiger partial charge in [0.05, 0.1) is 7.11 Å². The van der Waals surface area contributed by atoms with Crippen molar-refractivity contribution >= 4 is 15.9 Å². The number of para-hydroxylation sites is 1. The minimum atomic E-state index is -3.68. The molecule has 9 heteroatoms. The summed E-state index contributed by atoms with van der Waals surface area (Å²) in [6.07, 6.45) is 5.29. The summed E-state index contributed by atoms with van der Waals surface area (Å²) in [7, 11) is -1.99. The number of ether oxygens (including phenoxy) is 1. The first-order chi connectivity index (χ1) is 15.8. The Morgan fingerprint density at radius 2 is 1.88 bits per heavy atom. The number of amides is 1. The van der Waals surface area contributed by atoms with Gasteiger partial charge in [0.2, 0.25) is 15.9 Å². The molecule has 4 rings (SSSR count). The van der Waals surface area contributed by atoms with Gasteiger partial charge in [-0.15, -0.1) is 0 Å². The summed E-state index contributed by atoms with van der Waals surface area (Å²) in [5.74, 6) is 0.972. The van der Waals surface area contributed by atoms with Gasteiger partial charge in [-0.3, -0.25) is 4.79 Å². The fourth-order valence-corrected chi connectivity index (χ4v) is 7.17. The van der Waals surface area contributed by atoms with Crippen molar-refractivity contribution in [2.24, 2.45) is 5.92 Å². The summed E-state index contributed by atoms with van der Waals surface area (Å²) in [5.41, 5.74) is 1.41. The molecule has 33 heavy (non-hydrogen) atoms. The summed E-state index contributed by atoms with van der Waals surface area (Å²) in [6, 6.07) is 8.07. The first kappa shape index (κ1) is 23.8. The van der Waals surface area contributed by atoms with E-state index in [0.29, 0.717) is 43.9 Å². The van der Waals surface area contributed by atoms with E-state index < -0.39 is 10.0 Å². The van der Waals surface area contributed by atoms with E-state index >= 15 is 0 Å². The highest BCUT2D eigenvalue weighted by atomic mass is 32.2. The second kappa shape index (κ2) is 9.46. The number of benzene rings is 1. The molecule has 0 spiro atoms. The fraction of sp³-hybridized carbons (Fsp3) is 0.583. The number of nitrogens with one attached hydrogen (secondary N) is 1. The Kier molecular flexibility index (Phi) is 6.81. The summed E-state index contributed by atoms with van der Waals surface area (Å²) in [6.45, 7) is 4.42. The molecule has 8 nitrogen and oxygen atoms in total. The molecule has 1 N–H and O–H groups in total. The van der Waals surface area contributed by atoms with Crippen LogP contribution >= 0.6 is 0 Å². The highest BCUT2D eigenvalue weighted by Crippen LogP contribution is 2.44. The van der Waals surface area contributed by atoms with Crippen LogP contribution in [0.2, 0.25) is 0 Å². The Hall–Kier alpha value is -2.39. The maximum atomic E-state index is 13.0. The van der Waals surface area contributed by atoms with Crippen LogP contribution in [-0.2, 0) is 20.2 Å². The van der Waals surface area contributed by atoms with E-state index in [9.17, 15) is 13.2 Å². The molecule has 1 aromatic heterocycles. The molecule has 1 aliphatic carbocycles. The van der Waals surface area contributed by atoms with Crippen molar-refractivity contribution < 1.29 is 22.5 Å². The van der Waals surface area contributed by atoms with Crippen molar-refractivity contribution in [2.75, 3.05) is 26.7 Å². The molecule has 2 aromatic rings. The smallest absolute Gasteiger partial charge is 0.248 e. The Morgan fingerprint density at radius 3 is 2.48 bits per heavy atom. The zero-order valence-electron chi connectivity index (χ0n) is 19.6. The summed E-state index contributed by atoms with van der Waals surface area (Å²) in [5, 5.41) is 6.97. The molecule has 0 atom stereocenters. The molecule has 0 unspecified atom stereocenters. The van der Waals surface area contributed by atoms with Crippen molar-refractivity contribution in [1.29, 1.82) is 0 Å². The standard InChI is InChI=1S/C24H33N3O5S/c1-17-22(18(2)32-26-17)33(29,30)27-14-10-19(11-15-27)23(28)25-16-24(12-6-7-13-24)20-8-4-5-9-21(20)31-3/h4-5,8-9,19H,6-7,10-16H2,1-3H3,(H,25,28). The van der Waals surface area contributed by atoms with E-state index in [4.69, 9.17) is 9.26 Å². The molecular weight excluding hydrogens is 442 g/mol. The van der Waals surface area contributed by atoms with Crippen LogP contribution in [0.3, 0.4) is 0 Å². The number of hydrogen-bond donors (Lipinski definition) is 1. The van der Waals surface area contributed by atoms with Gasteiger partial charge in [0.15, 0.2) is 5.76 Å². The highest BCUT2D eigenvalue weighted by molar-refractivity contribution is 7.89. The first-order valence-corrected chi connectivity index (χ1v) is 13.1. The third kappa shape index (κ3) is 4.53. The quantitative estimate of drug-likeness (QED) is 0.659. The molecule has 2 heterocycles. The predicted molar refractivity (Wildman–Crippen MR) is 124 cm³/mol. The van der Waals surface area contributed by atoms with Gasteiger partial charge in [-0.05, 0) is 45.6 Å². The molecular formula is C24H33N3O5S. The molecule has 2 fully saturated rings. The molecule has 1 aromatic carbocycles. The number of sulfonamides is 1. The van der Waals surface area contributed by atoms with Gasteiger partial charge >= 0.3 is 0 Å². The topological polar surface area (TPSA) is 102 Å². The number of piperidine rings is 1. The second-order valence-corrected chi connectivity index (χ2v) is 11.1. The van der Waals surface area contributed by atoms with Crippen LogP contribution < -0.4 is 10.1 Å². The number of nitrogens with zero attached hydrogens (tertiary/aromatic N) is 2. The third-order valence-corrected chi connectivity index (χ3v) is 9.37. The normalized spacial score (nSPS) is 19.5. The molecule has 180 valence electrons. The van der Waals surface area contributed by atoms with Crippen molar-refractivity contribution in [2.45, 2.75) is 62.7 Å². The molecule has 1 saturated heterocycles. The van der Waals surface area contributed by atoms with Crippen LogP contribution in [0.25, 0.3) is 0 Å². The Morgan fingerprint density at radius 1 is 1.21 bits per heavy atom. The van der Waals surface area contributed by atoms with E-state index in [-0.39, 0.29) is 22.1 Å². The largest absolute Gasteiger partial charge is 0.496 e. The number of hydrogen-bond acceptors (Lipinski definition) is 6. The van der Waals surface area contributed by atoms with Crippen LogP contribution in [-0.4, -0.2) is 50.5 Å². The summed E-state index contributed by atoms with van der Waals surface area (Å²) >= 11 is 0. The van der Waals surface area contributed by atoms with E-state index in [1.165, 1.54) is 4.31 Å². The third-order valence-electron chi connectivity index (χ3n) is 7.23. The number of rotatable bonds is 7. The number of carbonyl (C=O) groups excluding carboxylic acids is 1. The van der Waals surface area contributed by atoms with Crippen molar-refractivity contribution in [3.05, 3.63) is 41.3 Å². The molecule has 2 aliphatic rings. The molecule has 1 amide bonds.